The fourth-order valence-corrected chi connectivity index (χ4v) is 6.52. The monoisotopic (exact) mass is 442 g/mol. The Morgan fingerprint density at radius 1 is 1.13 bits per heavy atom. The van der Waals surface area contributed by atoms with Gasteiger partial charge in [0.1, 0.15) is 5.75 Å². The lowest BCUT2D eigenvalue weighted by molar-refractivity contribution is -0.136. The Labute approximate surface area is 183 Å². The second kappa shape index (κ2) is 8.00. The number of carbonyl (C=O) groups excluding carboxylic acids is 1. The average Bonchev–Trinajstić information content (AvgIpc) is 2.74. The summed E-state index contributed by atoms with van der Waals surface area (Å²) in [5.74, 6) is 1.54. The van der Waals surface area contributed by atoms with E-state index in [9.17, 15) is 18.7 Å². The van der Waals surface area contributed by atoms with Crippen LogP contribution >= 0.6 is 0 Å². The Bertz CT molecular complexity index is 967. The van der Waals surface area contributed by atoms with Crippen LogP contribution in [0.4, 0.5) is 0 Å². The Morgan fingerprint density at radius 2 is 1.84 bits per heavy atom. The molecule has 31 heavy (non-hydrogen) atoms. The van der Waals surface area contributed by atoms with E-state index in [1.165, 1.54) is 6.20 Å². The normalized spacial score (nSPS) is 33.0. The quantitative estimate of drug-likeness (QED) is 0.594. The molecule has 7 nitrogen and oxygen atoms in total. The lowest BCUT2D eigenvalue weighted by Crippen LogP contribution is -2.61. The van der Waals surface area contributed by atoms with E-state index in [0.29, 0.717) is 34.8 Å². The van der Waals surface area contributed by atoms with Crippen molar-refractivity contribution in [1.29, 1.82) is 0 Å². The molecular formula is C23H26N2O5S. The molecule has 4 aliphatic rings. The second-order valence-electron chi connectivity index (χ2n) is 9.20. The van der Waals surface area contributed by atoms with E-state index in [1.807, 2.05) is 0 Å². The number of hydrogen-bond donors (Lipinski definition) is 3. The summed E-state index contributed by atoms with van der Waals surface area (Å²) in [4.78, 5) is 17.0. The van der Waals surface area contributed by atoms with Gasteiger partial charge in [-0.05, 0) is 86.3 Å². The fourth-order valence-electron chi connectivity index (χ4n) is 5.98. The molecule has 1 amide bonds. The van der Waals surface area contributed by atoms with E-state index >= 15 is 0 Å². The maximum Gasteiger partial charge on any atom is 0.251 e. The van der Waals surface area contributed by atoms with E-state index in [-0.39, 0.29) is 11.9 Å². The number of aliphatic hydroxyl groups is 1. The molecule has 0 radical (unpaired) electrons. The molecular weight excluding hydrogens is 416 g/mol. The number of ether oxygens (including phenoxy) is 1. The van der Waals surface area contributed by atoms with Crippen molar-refractivity contribution in [1.82, 2.24) is 10.3 Å². The molecule has 4 unspecified atom stereocenters. The number of nitrogens with zero attached hydrogens (tertiary/aromatic N) is 1. The maximum atomic E-state index is 12.9. The van der Waals surface area contributed by atoms with Crippen LogP contribution in [-0.4, -0.2) is 36.4 Å². The third-order valence-corrected chi connectivity index (χ3v) is 7.71. The Balaban J connectivity index is 1.25. The molecule has 0 aliphatic heterocycles. The van der Waals surface area contributed by atoms with Gasteiger partial charge in [-0.3, -0.25) is 9.78 Å². The van der Waals surface area contributed by atoms with Gasteiger partial charge in [0.15, 0.2) is 0 Å². The summed E-state index contributed by atoms with van der Waals surface area (Å²) in [6, 6.07) is 11.7. The minimum Gasteiger partial charge on any atom is -0.468 e. The zero-order valence-electron chi connectivity index (χ0n) is 17.0. The summed E-state index contributed by atoms with van der Waals surface area (Å²) < 4.78 is 27.0. The summed E-state index contributed by atoms with van der Waals surface area (Å²) in [7, 11) is 0. The molecule has 3 N–H and O–H groups in total. The third kappa shape index (κ3) is 4.12. The fraction of sp³-hybridized carbons (Fsp3) is 0.478. The second-order valence-corrected chi connectivity index (χ2v) is 10.2. The molecule has 164 valence electrons. The molecule has 0 spiro atoms. The molecule has 1 aromatic heterocycles. The maximum absolute atomic E-state index is 12.9. The minimum absolute atomic E-state index is 0.116. The molecule has 8 heteroatoms. The molecule has 4 aliphatic carbocycles. The van der Waals surface area contributed by atoms with Crippen molar-refractivity contribution in [2.24, 2.45) is 17.8 Å². The SMILES string of the molecule is O=C(NC1C2CC3CC1CC(O)(C3)C2)c1ccc(OC(c2ccccn2)S(=O)O)cc1. The first kappa shape index (κ1) is 20.6. The number of aromatic nitrogens is 1. The molecule has 1 heterocycles. The highest BCUT2D eigenvalue weighted by atomic mass is 32.2. The van der Waals surface area contributed by atoms with Crippen LogP contribution in [0.15, 0.2) is 48.7 Å². The topological polar surface area (TPSA) is 109 Å². The number of hydrogen-bond acceptors (Lipinski definition) is 5. The van der Waals surface area contributed by atoms with Gasteiger partial charge in [-0.25, -0.2) is 4.21 Å². The van der Waals surface area contributed by atoms with Crippen molar-refractivity contribution in [2.45, 2.75) is 49.2 Å². The van der Waals surface area contributed by atoms with Gasteiger partial charge in [0, 0.05) is 17.8 Å². The highest BCUT2D eigenvalue weighted by molar-refractivity contribution is 7.79. The Morgan fingerprint density at radius 3 is 2.42 bits per heavy atom. The first-order valence-corrected chi connectivity index (χ1v) is 11.9. The summed E-state index contributed by atoms with van der Waals surface area (Å²) in [5, 5.41) is 13.9. The number of nitrogens with one attached hydrogen (secondary N) is 1. The van der Waals surface area contributed by atoms with E-state index in [2.05, 4.69) is 10.3 Å². The van der Waals surface area contributed by atoms with E-state index < -0.39 is 22.1 Å². The molecule has 0 saturated heterocycles. The van der Waals surface area contributed by atoms with Gasteiger partial charge in [0.2, 0.25) is 16.5 Å². The van der Waals surface area contributed by atoms with E-state index in [1.54, 1.807) is 42.5 Å². The van der Waals surface area contributed by atoms with Crippen molar-refractivity contribution in [3.8, 4) is 5.75 Å². The minimum atomic E-state index is -2.26. The molecule has 4 saturated carbocycles. The van der Waals surface area contributed by atoms with Crippen LogP contribution in [-0.2, 0) is 11.1 Å². The number of carbonyl (C=O) groups is 1. The highest BCUT2D eigenvalue weighted by Crippen LogP contribution is 2.55. The van der Waals surface area contributed by atoms with Crippen molar-refractivity contribution in [3.05, 3.63) is 59.9 Å². The first-order valence-electron chi connectivity index (χ1n) is 10.7. The summed E-state index contributed by atoms with van der Waals surface area (Å²) in [6.07, 6.45) is 6.19. The average molecular weight is 443 g/mol. The summed E-state index contributed by atoms with van der Waals surface area (Å²) in [6.45, 7) is 0. The Kier molecular flexibility index (Phi) is 5.32. The predicted octanol–water partition coefficient (Wildman–Crippen LogP) is 3.05. The lowest BCUT2D eigenvalue weighted by atomic mass is 9.52. The van der Waals surface area contributed by atoms with Gasteiger partial charge in [0.25, 0.3) is 5.91 Å². The molecule has 2 aromatic rings. The molecule has 4 bridgehead atoms. The van der Waals surface area contributed by atoms with Gasteiger partial charge in [0.05, 0.1) is 11.3 Å². The zero-order chi connectivity index (χ0) is 21.6. The lowest BCUT2D eigenvalue weighted by Gasteiger charge is -2.58. The van der Waals surface area contributed by atoms with Crippen molar-refractivity contribution in [3.63, 3.8) is 0 Å². The van der Waals surface area contributed by atoms with Gasteiger partial charge in [-0.15, -0.1) is 0 Å². The molecule has 4 fully saturated rings. The van der Waals surface area contributed by atoms with Gasteiger partial charge >= 0.3 is 0 Å². The van der Waals surface area contributed by atoms with Crippen LogP contribution in [0.25, 0.3) is 0 Å². The van der Waals surface area contributed by atoms with Crippen molar-refractivity contribution >= 4 is 17.0 Å². The van der Waals surface area contributed by atoms with E-state index in [4.69, 9.17) is 4.74 Å². The third-order valence-electron chi connectivity index (χ3n) is 7.01. The summed E-state index contributed by atoms with van der Waals surface area (Å²) >= 11 is -2.26. The van der Waals surface area contributed by atoms with Crippen LogP contribution in [0.3, 0.4) is 0 Å². The first-order chi connectivity index (χ1) is 14.9. The van der Waals surface area contributed by atoms with Crippen molar-refractivity contribution in [2.75, 3.05) is 0 Å². The van der Waals surface area contributed by atoms with Crippen LogP contribution < -0.4 is 10.1 Å². The highest BCUT2D eigenvalue weighted by Gasteiger charge is 2.55. The number of amides is 1. The van der Waals surface area contributed by atoms with Gasteiger partial charge < -0.3 is 19.7 Å². The largest absolute Gasteiger partial charge is 0.468 e. The van der Waals surface area contributed by atoms with E-state index in [0.717, 1.165) is 32.1 Å². The van der Waals surface area contributed by atoms with Gasteiger partial charge in [-0.1, -0.05) is 6.07 Å². The van der Waals surface area contributed by atoms with Crippen LogP contribution in [0.2, 0.25) is 0 Å². The Hall–Kier alpha value is -2.29. The van der Waals surface area contributed by atoms with Crippen LogP contribution in [0, 0.1) is 17.8 Å². The smallest absolute Gasteiger partial charge is 0.251 e. The van der Waals surface area contributed by atoms with Gasteiger partial charge in [-0.2, -0.15) is 0 Å². The predicted molar refractivity (Wildman–Crippen MR) is 115 cm³/mol. The molecule has 6 rings (SSSR count). The number of rotatable bonds is 6. The molecule has 4 atom stereocenters. The number of benzene rings is 1. The number of pyridine rings is 1. The van der Waals surface area contributed by atoms with Crippen LogP contribution in [0.1, 0.15) is 53.6 Å². The van der Waals surface area contributed by atoms with Crippen LogP contribution in [0.5, 0.6) is 5.75 Å². The molecule has 1 aromatic carbocycles. The zero-order valence-corrected chi connectivity index (χ0v) is 17.8. The summed E-state index contributed by atoms with van der Waals surface area (Å²) in [5.41, 5.74) is -0.763. The standard InChI is InChI=1S/C23H26N2O5S/c26-21(25-20-16-9-14-10-17(20)13-23(27,11-14)12-16)15-4-6-18(7-5-15)30-22(31(28)29)19-3-1-2-8-24-19/h1-8,14,16-17,20,22,27H,9-13H2,(H,25,26)(H,28,29). The van der Waals surface area contributed by atoms with Crippen molar-refractivity contribution < 1.29 is 23.4 Å².